The number of rotatable bonds is 4. The van der Waals surface area contributed by atoms with E-state index in [4.69, 9.17) is 19.3 Å². The molecule has 11 unspecified atom stereocenters. The molecule has 2 heterocycles. The van der Waals surface area contributed by atoms with Gasteiger partial charge in [0.1, 0.15) is 12.1 Å². The lowest BCUT2D eigenvalue weighted by Gasteiger charge is -2.59. The second-order valence-corrected chi connectivity index (χ2v) is 17.2. The zero-order valence-corrected chi connectivity index (χ0v) is 28.2. The fourth-order valence-corrected chi connectivity index (χ4v) is 12.4. The highest BCUT2D eigenvalue weighted by Gasteiger charge is 2.80. The topological polar surface area (TPSA) is 88.5 Å². The molecule has 7 fully saturated rings. The maximum absolute atomic E-state index is 13.3. The van der Waals surface area contributed by atoms with Crippen molar-refractivity contribution in [3.63, 3.8) is 0 Å². The second kappa shape index (κ2) is 11.2. The molecule has 2 aliphatic heterocycles. The van der Waals surface area contributed by atoms with Crippen molar-refractivity contribution in [2.24, 2.45) is 45.3 Å². The molecule has 5 saturated carbocycles. The second-order valence-electron chi connectivity index (χ2n) is 17.2. The molecule has 0 radical (unpaired) electrons. The number of esters is 1. The van der Waals surface area contributed by atoms with Gasteiger partial charge in [-0.25, -0.2) is 0 Å². The summed E-state index contributed by atoms with van der Waals surface area (Å²) in [5.41, 5.74) is 0.716. The Morgan fingerprint density at radius 3 is 2.42 bits per heavy atom. The van der Waals surface area contributed by atoms with E-state index in [1.54, 1.807) is 6.92 Å². The molecule has 0 bridgehead atoms. The van der Waals surface area contributed by atoms with Gasteiger partial charge >= 0.3 is 5.97 Å². The first-order chi connectivity index (χ1) is 20.2. The standard InChI is InChI=1S/C34H55NO5.C2H6O/c1-30(2,37)18-21-7-8-23-26(39-21)17-24-22-9-10-27-31(3,4)28(40-29(36)25-19-38-16-15-35(25)6)11-12-34(27)20-33(22,34)14-13-32(23,24)5;1-2-3/h21-28,37H,7-20H2,1-6H3;3H,2H2,1H3. The van der Waals surface area contributed by atoms with E-state index >= 15 is 0 Å². The molecule has 0 amide bonds. The molecule has 2 saturated heterocycles. The molecule has 11 atom stereocenters. The zero-order valence-electron chi connectivity index (χ0n) is 28.2. The fraction of sp³-hybridized carbons (Fsp3) is 0.972. The Kier molecular flexibility index (Phi) is 8.40. The van der Waals surface area contributed by atoms with Crippen molar-refractivity contribution >= 4 is 5.97 Å². The molecule has 2 N–H and O–H groups in total. The summed E-state index contributed by atoms with van der Waals surface area (Å²) >= 11 is 0. The largest absolute Gasteiger partial charge is 0.461 e. The summed E-state index contributed by atoms with van der Waals surface area (Å²) in [6, 6.07) is -0.268. The van der Waals surface area contributed by atoms with Gasteiger partial charge in [0.15, 0.2) is 0 Å². The minimum Gasteiger partial charge on any atom is -0.461 e. The maximum atomic E-state index is 13.3. The summed E-state index contributed by atoms with van der Waals surface area (Å²) in [6.07, 6.45) is 14.0. The predicted octanol–water partition coefficient (Wildman–Crippen LogP) is 5.59. The Bertz CT molecular complexity index is 1040. The molecule has 7 aliphatic rings. The molecule has 0 aromatic rings. The molecular weight excluding hydrogens is 542 g/mol. The summed E-state index contributed by atoms with van der Waals surface area (Å²) in [5.74, 6) is 2.85. The summed E-state index contributed by atoms with van der Waals surface area (Å²) in [4.78, 5) is 15.4. The number of carbonyl (C=O) groups excluding carboxylic acids is 1. The lowest BCUT2D eigenvalue weighted by atomic mass is 9.46. The number of aliphatic hydroxyl groups excluding tert-OH is 1. The Morgan fingerprint density at radius 1 is 1.00 bits per heavy atom. The van der Waals surface area contributed by atoms with Gasteiger partial charge in [0, 0.05) is 25.0 Å². The first kappa shape index (κ1) is 32.2. The van der Waals surface area contributed by atoms with Gasteiger partial charge in [-0.2, -0.15) is 0 Å². The molecule has 43 heavy (non-hydrogen) atoms. The first-order valence-corrected chi connectivity index (χ1v) is 17.7. The van der Waals surface area contributed by atoms with E-state index in [1.165, 1.54) is 51.4 Å². The average molecular weight is 604 g/mol. The van der Waals surface area contributed by atoms with Crippen molar-refractivity contribution in [1.29, 1.82) is 0 Å². The van der Waals surface area contributed by atoms with Crippen LogP contribution in [-0.4, -0.2) is 84.5 Å². The van der Waals surface area contributed by atoms with E-state index < -0.39 is 5.60 Å². The Morgan fingerprint density at radius 2 is 1.72 bits per heavy atom. The molecule has 5 aliphatic carbocycles. The van der Waals surface area contributed by atoms with Crippen molar-refractivity contribution in [3.8, 4) is 0 Å². The van der Waals surface area contributed by atoms with Crippen molar-refractivity contribution in [3.05, 3.63) is 0 Å². The van der Waals surface area contributed by atoms with E-state index in [0.717, 1.165) is 37.6 Å². The number of fused-ring (bicyclic) bond motifs is 4. The van der Waals surface area contributed by atoms with Crippen molar-refractivity contribution in [1.82, 2.24) is 4.90 Å². The highest BCUT2D eigenvalue weighted by atomic mass is 16.6. The zero-order chi connectivity index (χ0) is 31.0. The van der Waals surface area contributed by atoms with E-state index in [0.29, 0.717) is 47.4 Å². The summed E-state index contributed by atoms with van der Waals surface area (Å²) < 4.78 is 18.8. The Hall–Kier alpha value is -0.730. The lowest BCUT2D eigenvalue weighted by molar-refractivity contribution is -0.184. The third-order valence-corrected chi connectivity index (χ3v) is 14.3. The Labute approximate surface area is 260 Å². The van der Waals surface area contributed by atoms with E-state index in [-0.39, 0.29) is 36.2 Å². The van der Waals surface area contributed by atoms with Crippen LogP contribution in [-0.2, 0) is 19.0 Å². The lowest BCUT2D eigenvalue weighted by Crippen LogP contribution is -2.56. The van der Waals surface area contributed by atoms with E-state index in [2.05, 4.69) is 25.7 Å². The normalized spacial score (nSPS) is 48.3. The number of hydrogen-bond donors (Lipinski definition) is 2. The molecule has 2 spiro atoms. The SMILES string of the molecule is CCO.CN1CCOCC1C(=O)OC1CCC23CC24CCC2(C)C5CCC(CC(C)(C)O)OC5CC2C4CCC3C1(C)C. The molecule has 7 heteroatoms. The van der Waals surface area contributed by atoms with Crippen LogP contribution in [0.15, 0.2) is 0 Å². The van der Waals surface area contributed by atoms with Crippen LogP contribution in [0, 0.1) is 45.3 Å². The minimum atomic E-state index is -0.657. The average Bonchev–Trinajstić information content (AvgIpc) is 3.50. The summed E-state index contributed by atoms with van der Waals surface area (Å²) in [6.45, 7) is 15.2. The molecule has 0 aromatic carbocycles. The van der Waals surface area contributed by atoms with Crippen molar-refractivity contribution < 1.29 is 29.2 Å². The van der Waals surface area contributed by atoms with Gasteiger partial charge < -0.3 is 24.4 Å². The molecule has 0 aromatic heterocycles. The van der Waals surface area contributed by atoms with Crippen molar-refractivity contribution in [2.75, 3.05) is 33.4 Å². The Balaban J connectivity index is 0.00000105. The van der Waals surface area contributed by atoms with Crippen LogP contribution in [0.3, 0.4) is 0 Å². The number of carbonyl (C=O) groups is 1. The highest BCUT2D eigenvalue weighted by Crippen LogP contribution is 2.87. The summed E-state index contributed by atoms with van der Waals surface area (Å²) in [7, 11) is 2.01. The van der Waals surface area contributed by atoms with Crippen LogP contribution in [0.2, 0.25) is 0 Å². The fourth-order valence-electron chi connectivity index (χ4n) is 12.4. The number of aliphatic hydroxyl groups is 2. The van der Waals surface area contributed by atoms with Gasteiger partial charge in [-0.1, -0.05) is 20.8 Å². The minimum absolute atomic E-state index is 0.00414. The van der Waals surface area contributed by atoms with Gasteiger partial charge in [0.2, 0.25) is 0 Å². The molecule has 7 nitrogen and oxygen atoms in total. The number of ether oxygens (including phenoxy) is 3. The number of likely N-dealkylation sites (N-methyl/N-ethyl adjacent to an activating group) is 1. The van der Waals surface area contributed by atoms with Crippen LogP contribution in [0.4, 0.5) is 0 Å². The van der Waals surface area contributed by atoms with Crippen LogP contribution in [0.1, 0.15) is 112 Å². The van der Waals surface area contributed by atoms with E-state index in [1.807, 2.05) is 20.9 Å². The number of hydrogen-bond acceptors (Lipinski definition) is 7. The molecular formula is C36H61NO6. The number of nitrogens with zero attached hydrogens (tertiary/aromatic N) is 1. The number of morpholine rings is 1. The van der Waals surface area contributed by atoms with Gasteiger partial charge in [-0.15, -0.1) is 0 Å². The quantitative estimate of drug-likeness (QED) is 0.405. The van der Waals surface area contributed by atoms with Crippen LogP contribution < -0.4 is 0 Å². The van der Waals surface area contributed by atoms with Crippen molar-refractivity contribution in [2.45, 2.75) is 142 Å². The van der Waals surface area contributed by atoms with Crippen LogP contribution >= 0.6 is 0 Å². The highest BCUT2D eigenvalue weighted by molar-refractivity contribution is 5.76. The third kappa shape index (κ3) is 5.14. The third-order valence-electron chi connectivity index (χ3n) is 14.3. The van der Waals surface area contributed by atoms with Gasteiger partial charge in [-0.3, -0.25) is 9.69 Å². The van der Waals surface area contributed by atoms with Gasteiger partial charge in [0.05, 0.1) is 31.0 Å². The van der Waals surface area contributed by atoms with Gasteiger partial charge in [0.25, 0.3) is 0 Å². The van der Waals surface area contributed by atoms with Gasteiger partial charge in [-0.05, 0) is 132 Å². The monoisotopic (exact) mass is 603 g/mol. The first-order valence-electron chi connectivity index (χ1n) is 17.7. The smallest absolute Gasteiger partial charge is 0.326 e. The molecule has 7 rings (SSSR count). The summed E-state index contributed by atoms with van der Waals surface area (Å²) in [5, 5.41) is 18.0. The van der Waals surface area contributed by atoms with Crippen LogP contribution in [0.25, 0.3) is 0 Å². The van der Waals surface area contributed by atoms with Crippen LogP contribution in [0.5, 0.6) is 0 Å². The predicted molar refractivity (Wildman–Crippen MR) is 166 cm³/mol. The molecule has 246 valence electrons. The maximum Gasteiger partial charge on any atom is 0.326 e. The van der Waals surface area contributed by atoms with E-state index in [9.17, 15) is 9.90 Å².